The quantitative estimate of drug-likeness (QED) is 0.227. The normalized spacial score (nSPS) is 24.4. The van der Waals surface area contributed by atoms with Gasteiger partial charge in [-0.15, -0.1) is 0 Å². The molecule has 1 aliphatic heterocycles. The molecule has 9 heteroatoms. The first-order chi connectivity index (χ1) is 18.5. The molecule has 216 valence electrons. The van der Waals surface area contributed by atoms with Gasteiger partial charge in [-0.05, 0) is 81.4 Å². The predicted molar refractivity (Wildman–Crippen MR) is 136 cm³/mol. The molecule has 2 atom stereocenters. The Balaban J connectivity index is 1.35. The molecule has 3 nitrogen and oxygen atoms in total. The summed E-state index contributed by atoms with van der Waals surface area (Å²) in [4.78, 5) is 0. The first-order valence-electron chi connectivity index (χ1n) is 13.8. The van der Waals surface area contributed by atoms with Crippen LogP contribution in [0.3, 0.4) is 0 Å². The largest absolute Gasteiger partial charge is 0.490 e. The van der Waals surface area contributed by atoms with E-state index in [4.69, 9.17) is 9.47 Å². The van der Waals surface area contributed by atoms with Crippen molar-refractivity contribution in [3.63, 3.8) is 0 Å². The van der Waals surface area contributed by atoms with Crippen LogP contribution in [0.1, 0.15) is 80.9 Å². The van der Waals surface area contributed by atoms with Crippen molar-refractivity contribution in [2.24, 2.45) is 11.8 Å². The van der Waals surface area contributed by atoms with E-state index in [1.807, 2.05) is 6.92 Å². The molecule has 0 spiro atoms. The van der Waals surface area contributed by atoms with Crippen LogP contribution in [0, 0.1) is 24.6 Å². The highest BCUT2D eigenvalue weighted by atomic mass is 19.4. The zero-order valence-electron chi connectivity index (χ0n) is 22.3. The second kappa shape index (κ2) is 12.4. The summed E-state index contributed by atoms with van der Waals surface area (Å²) >= 11 is 0. The van der Waals surface area contributed by atoms with Crippen LogP contribution in [0.5, 0.6) is 11.5 Å². The Morgan fingerprint density at radius 2 is 1.54 bits per heavy atom. The average molecular weight is 559 g/mol. The van der Waals surface area contributed by atoms with Gasteiger partial charge in [-0.2, -0.15) is 22.0 Å². The molecular weight excluding hydrogens is 522 g/mol. The molecule has 1 aliphatic carbocycles. The molecule has 2 unspecified atom stereocenters. The topological polar surface area (TPSA) is 27.7 Å². The van der Waals surface area contributed by atoms with Crippen molar-refractivity contribution in [2.45, 2.75) is 89.5 Å². The molecule has 1 saturated carbocycles. The highest BCUT2D eigenvalue weighted by Gasteiger charge is 2.48. The Kier molecular flexibility index (Phi) is 9.40. The summed E-state index contributed by atoms with van der Waals surface area (Å²) in [5.74, 6) is -4.37. The minimum atomic E-state index is -5.24. The molecule has 4 rings (SSSR count). The van der Waals surface area contributed by atoms with Crippen LogP contribution < -0.4 is 9.47 Å². The number of alkyl halides is 5. The van der Waals surface area contributed by atoms with Crippen LogP contribution in [-0.4, -0.2) is 25.4 Å². The molecule has 39 heavy (non-hydrogen) atoms. The summed E-state index contributed by atoms with van der Waals surface area (Å²) in [6.07, 6.45) is -3.90. The van der Waals surface area contributed by atoms with Gasteiger partial charge in [0.25, 0.3) is 0 Å². The zero-order valence-corrected chi connectivity index (χ0v) is 22.3. The molecule has 0 amide bonds. The molecule has 2 aromatic rings. The third kappa shape index (κ3) is 7.21. The van der Waals surface area contributed by atoms with Gasteiger partial charge in [0.05, 0.1) is 25.2 Å². The fourth-order valence-electron chi connectivity index (χ4n) is 5.63. The molecule has 0 N–H and O–H groups in total. The zero-order chi connectivity index (χ0) is 28.2. The monoisotopic (exact) mass is 558 g/mol. The van der Waals surface area contributed by atoms with Gasteiger partial charge in [0.2, 0.25) is 0 Å². The van der Waals surface area contributed by atoms with Crippen molar-refractivity contribution in [2.75, 3.05) is 13.2 Å². The van der Waals surface area contributed by atoms with Crippen molar-refractivity contribution < 1.29 is 40.6 Å². The van der Waals surface area contributed by atoms with E-state index in [2.05, 4.69) is 35.9 Å². The third-order valence-electron chi connectivity index (χ3n) is 7.99. The lowest BCUT2D eigenvalue weighted by atomic mass is 9.75. The Morgan fingerprint density at radius 3 is 2.13 bits per heavy atom. The maximum atomic E-state index is 15.1. The van der Waals surface area contributed by atoms with Gasteiger partial charge in [0.1, 0.15) is 11.3 Å². The van der Waals surface area contributed by atoms with Gasteiger partial charge in [0.15, 0.2) is 11.6 Å². The van der Waals surface area contributed by atoms with Crippen LogP contribution in [0.15, 0.2) is 36.4 Å². The van der Waals surface area contributed by atoms with Crippen molar-refractivity contribution >= 4 is 0 Å². The summed E-state index contributed by atoms with van der Waals surface area (Å²) in [5, 5.41) is 0. The minimum Gasteiger partial charge on any atom is -0.490 e. The predicted octanol–water partition coefficient (Wildman–Crippen LogP) is 9.07. The van der Waals surface area contributed by atoms with E-state index in [0.29, 0.717) is 31.2 Å². The fraction of sp³-hybridized carbons (Fsp3) is 0.600. The summed E-state index contributed by atoms with van der Waals surface area (Å²) in [6, 6.07) is 10.1. The van der Waals surface area contributed by atoms with Crippen molar-refractivity contribution in [3.8, 4) is 11.5 Å². The number of rotatable bonds is 9. The average Bonchev–Trinajstić information content (AvgIpc) is 2.90. The number of hydrogen-bond donors (Lipinski definition) is 0. The van der Waals surface area contributed by atoms with Crippen LogP contribution >= 0.6 is 0 Å². The Labute approximate surface area is 225 Å². The maximum absolute atomic E-state index is 15.1. The highest BCUT2D eigenvalue weighted by molar-refractivity contribution is 5.44. The Morgan fingerprint density at radius 1 is 0.872 bits per heavy atom. The Bertz CT molecular complexity index is 1070. The van der Waals surface area contributed by atoms with Crippen LogP contribution in [0.4, 0.5) is 26.3 Å². The van der Waals surface area contributed by atoms with E-state index in [0.717, 1.165) is 31.7 Å². The number of hydrogen-bond acceptors (Lipinski definition) is 3. The summed E-state index contributed by atoms with van der Waals surface area (Å²) in [6.45, 7) is 3.57. The number of aryl methyl sites for hydroxylation is 1. The fourth-order valence-corrected chi connectivity index (χ4v) is 5.63. The summed E-state index contributed by atoms with van der Waals surface area (Å²) in [5.41, 5.74) is 0.637. The number of benzene rings is 2. The number of halogens is 6. The van der Waals surface area contributed by atoms with Crippen molar-refractivity contribution in [3.05, 3.63) is 58.9 Å². The lowest BCUT2D eigenvalue weighted by Gasteiger charge is -2.39. The summed E-state index contributed by atoms with van der Waals surface area (Å²) < 4.78 is 101. The molecule has 2 aliphatic rings. The standard InChI is InChI=1S/C30H36F6O3/c1-3-4-17-37-26-16-15-25(27(28(26)31)29(32,33)34)39-30(35,36)23-13-14-24(38-18-23)22-11-9-21(10-12-22)20-7-5-19(2)6-8-20/h5-8,15-16,21-24H,3-4,9-14,17-18H2,1-2H3. The maximum Gasteiger partial charge on any atom is 0.422 e. The summed E-state index contributed by atoms with van der Waals surface area (Å²) in [7, 11) is 0. The second-order valence-corrected chi connectivity index (χ2v) is 10.8. The molecular formula is C30H36F6O3. The number of unbranched alkanes of at least 4 members (excludes halogenated alkanes) is 1. The lowest BCUT2D eigenvalue weighted by Crippen LogP contribution is -2.44. The lowest BCUT2D eigenvalue weighted by molar-refractivity contribution is -0.246. The van der Waals surface area contributed by atoms with E-state index >= 15 is 8.78 Å². The molecule has 2 aromatic carbocycles. The molecule has 0 bridgehead atoms. The van der Waals surface area contributed by atoms with E-state index < -0.39 is 41.1 Å². The van der Waals surface area contributed by atoms with Gasteiger partial charge in [0, 0.05) is 0 Å². The SMILES string of the molecule is CCCCOc1ccc(OC(F)(F)C2CCC(C3CCC(c4ccc(C)cc4)CC3)OC2)c(C(F)(F)F)c1F. The van der Waals surface area contributed by atoms with Gasteiger partial charge < -0.3 is 14.2 Å². The second-order valence-electron chi connectivity index (χ2n) is 10.8. The van der Waals surface area contributed by atoms with Crippen LogP contribution in [0.2, 0.25) is 0 Å². The van der Waals surface area contributed by atoms with Gasteiger partial charge in [-0.25, -0.2) is 4.39 Å². The van der Waals surface area contributed by atoms with Crippen molar-refractivity contribution in [1.82, 2.24) is 0 Å². The van der Waals surface area contributed by atoms with Crippen LogP contribution in [0.25, 0.3) is 0 Å². The molecule has 0 radical (unpaired) electrons. The third-order valence-corrected chi connectivity index (χ3v) is 7.99. The van der Waals surface area contributed by atoms with E-state index in [1.165, 1.54) is 11.1 Å². The van der Waals surface area contributed by atoms with Gasteiger partial charge in [-0.1, -0.05) is 43.2 Å². The minimum absolute atomic E-state index is 0.00919. The van der Waals surface area contributed by atoms with E-state index in [-0.39, 0.29) is 31.7 Å². The smallest absolute Gasteiger partial charge is 0.422 e. The molecule has 1 heterocycles. The molecule has 2 fully saturated rings. The van der Waals surface area contributed by atoms with E-state index in [1.54, 1.807) is 0 Å². The Hall–Kier alpha value is -2.42. The first kappa shape index (κ1) is 29.6. The molecule has 1 saturated heterocycles. The van der Waals surface area contributed by atoms with Gasteiger partial charge in [-0.3, -0.25) is 0 Å². The van der Waals surface area contributed by atoms with Crippen LogP contribution in [-0.2, 0) is 10.9 Å². The van der Waals surface area contributed by atoms with Crippen molar-refractivity contribution in [1.29, 1.82) is 0 Å². The first-order valence-corrected chi connectivity index (χ1v) is 13.8. The highest BCUT2D eigenvalue weighted by Crippen LogP contribution is 2.46. The van der Waals surface area contributed by atoms with E-state index in [9.17, 15) is 17.6 Å². The van der Waals surface area contributed by atoms with Gasteiger partial charge >= 0.3 is 12.3 Å². The molecule has 0 aromatic heterocycles. The number of ether oxygens (including phenoxy) is 3.